The number of nitrogens with one attached hydrogen (secondary N) is 2. The topological polar surface area (TPSA) is 41.1 Å². The zero-order chi connectivity index (χ0) is 14.1. The highest BCUT2D eigenvalue weighted by molar-refractivity contribution is 5.94. The van der Waals surface area contributed by atoms with Gasteiger partial charge < -0.3 is 10.6 Å². The molecule has 0 spiro atoms. The van der Waals surface area contributed by atoms with Gasteiger partial charge in [-0.3, -0.25) is 4.79 Å². The van der Waals surface area contributed by atoms with Crippen LogP contribution in [0.15, 0.2) is 12.1 Å². The van der Waals surface area contributed by atoms with E-state index in [1.807, 2.05) is 0 Å². The molecule has 1 amide bonds. The lowest BCUT2D eigenvalue weighted by molar-refractivity contribution is -0.116. The summed E-state index contributed by atoms with van der Waals surface area (Å²) in [7, 11) is 0. The zero-order valence-corrected chi connectivity index (χ0v) is 11.8. The Hall–Kier alpha value is -1.58. The van der Waals surface area contributed by atoms with Gasteiger partial charge in [-0.2, -0.15) is 0 Å². The van der Waals surface area contributed by atoms with E-state index >= 15 is 0 Å². The molecule has 1 aromatic rings. The van der Waals surface area contributed by atoms with Crippen molar-refractivity contribution in [3.8, 4) is 0 Å². The third-order valence-corrected chi connectivity index (χ3v) is 4.40. The monoisotopic (exact) mass is 276 g/mol. The van der Waals surface area contributed by atoms with Crippen LogP contribution in [0.3, 0.4) is 0 Å². The molecular formula is C16H21FN2O. The molecule has 1 saturated carbocycles. The fourth-order valence-corrected chi connectivity index (χ4v) is 3.06. The van der Waals surface area contributed by atoms with Crippen molar-refractivity contribution in [2.45, 2.75) is 51.5 Å². The number of anilines is 2. The van der Waals surface area contributed by atoms with Crippen molar-refractivity contribution >= 4 is 17.3 Å². The lowest BCUT2D eigenvalue weighted by atomic mass is 9.81. The summed E-state index contributed by atoms with van der Waals surface area (Å²) in [4.78, 5) is 11.4. The second kappa shape index (κ2) is 5.43. The standard InChI is InChI=1S/C16H21FN2O/c1-10(7-11-3-2-4-11)18-15-9-14-12(8-13(15)17)5-6-16(20)19-14/h8-11,18H,2-7H2,1H3,(H,19,20). The highest BCUT2D eigenvalue weighted by atomic mass is 19.1. The molecule has 1 heterocycles. The van der Waals surface area contributed by atoms with Crippen LogP contribution in [0.4, 0.5) is 15.8 Å². The molecule has 0 radical (unpaired) electrons. The first-order valence-corrected chi connectivity index (χ1v) is 7.50. The van der Waals surface area contributed by atoms with E-state index < -0.39 is 0 Å². The first-order valence-electron chi connectivity index (χ1n) is 7.50. The predicted octanol–water partition coefficient (Wildman–Crippen LogP) is 3.70. The Morgan fingerprint density at radius 3 is 2.90 bits per heavy atom. The molecule has 2 aliphatic rings. The number of hydrogen-bond donors (Lipinski definition) is 2. The molecule has 1 aliphatic heterocycles. The molecule has 1 aliphatic carbocycles. The van der Waals surface area contributed by atoms with Crippen molar-refractivity contribution in [3.05, 3.63) is 23.5 Å². The Balaban J connectivity index is 1.72. The molecule has 1 aromatic carbocycles. The molecule has 0 bridgehead atoms. The minimum absolute atomic E-state index is 0.0116. The summed E-state index contributed by atoms with van der Waals surface area (Å²) in [5, 5.41) is 6.07. The van der Waals surface area contributed by atoms with Crippen molar-refractivity contribution < 1.29 is 9.18 Å². The van der Waals surface area contributed by atoms with Crippen LogP contribution in [0, 0.1) is 11.7 Å². The van der Waals surface area contributed by atoms with Crippen molar-refractivity contribution in [2.24, 2.45) is 5.92 Å². The van der Waals surface area contributed by atoms with Gasteiger partial charge in [-0.05, 0) is 43.4 Å². The van der Waals surface area contributed by atoms with E-state index in [1.165, 1.54) is 19.3 Å². The van der Waals surface area contributed by atoms with Gasteiger partial charge in [-0.1, -0.05) is 19.3 Å². The number of benzene rings is 1. The van der Waals surface area contributed by atoms with E-state index in [9.17, 15) is 9.18 Å². The summed E-state index contributed by atoms with van der Waals surface area (Å²) >= 11 is 0. The number of amides is 1. The molecule has 3 rings (SSSR count). The number of hydrogen-bond acceptors (Lipinski definition) is 2. The molecule has 3 nitrogen and oxygen atoms in total. The first kappa shape index (κ1) is 13.4. The third kappa shape index (κ3) is 2.79. The molecule has 1 unspecified atom stereocenters. The van der Waals surface area contributed by atoms with Crippen LogP contribution in [0.1, 0.15) is 44.6 Å². The van der Waals surface area contributed by atoms with Crippen molar-refractivity contribution in [1.29, 1.82) is 0 Å². The normalized spacial score (nSPS) is 19.8. The van der Waals surface area contributed by atoms with Gasteiger partial charge in [0.1, 0.15) is 5.82 Å². The highest BCUT2D eigenvalue weighted by Crippen LogP contribution is 2.33. The molecule has 0 saturated heterocycles. The van der Waals surface area contributed by atoms with Crippen molar-refractivity contribution in [2.75, 3.05) is 10.6 Å². The highest BCUT2D eigenvalue weighted by Gasteiger charge is 2.22. The maximum absolute atomic E-state index is 14.1. The minimum Gasteiger partial charge on any atom is -0.380 e. The van der Waals surface area contributed by atoms with Crippen LogP contribution in [0.2, 0.25) is 0 Å². The molecule has 0 aromatic heterocycles. The van der Waals surface area contributed by atoms with Crippen molar-refractivity contribution in [3.63, 3.8) is 0 Å². The lowest BCUT2D eigenvalue weighted by Crippen LogP contribution is -2.24. The molecule has 1 atom stereocenters. The maximum Gasteiger partial charge on any atom is 0.224 e. The average molecular weight is 276 g/mol. The SMILES string of the molecule is CC(CC1CCC1)Nc1cc2c(cc1F)CCC(=O)N2. The fourth-order valence-electron chi connectivity index (χ4n) is 3.06. The first-order chi connectivity index (χ1) is 9.61. The van der Waals surface area contributed by atoms with E-state index in [1.54, 1.807) is 12.1 Å². The summed E-state index contributed by atoms with van der Waals surface area (Å²) in [5.41, 5.74) is 2.14. The molecule has 2 N–H and O–H groups in total. The quantitative estimate of drug-likeness (QED) is 0.880. The Morgan fingerprint density at radius 2 is 2.20 bits per heavy atom. The number of aryl methyl sites for hydroxylation is 1. The Bertz CT molecular complexity index is 525. The van der Waals surface area contributed by atoms with Crippen LogP contribution in [-0.2, 0) is 11.2 Å². The van der Waals surface area contributed by atoms with E-state index in [2.05, 4.69) is 17.6 Å². The number of rotatable bonds is 4. The fraction of sp³-hybridized carbons (Fsp3) is 0.562. The van der Waals surface area contributed by atoms with E-state index in [-0.39, 0.29) is 17.8 Å². The molecule has 4 heteroatoms. The molecule has 108 valence electrons. The van der Waals surface area contributed by atoms with Crippen LogP contribution < -0.4 is 10.6 Å². The van der Waals surface area contributed by atoms with E-state index in [0.717, 1.165) is 23.6 Å². The summed E-state index contributed by atoms with van der Waals surface area (Å²) in [5.74, 6) is 0.579. The largest absolute Gasteiger partial charge is 0.380 e. The zero-order valence-electron chi connectivity index (χ0n) is 11.8. The van der Waals surface area contributed by atoms with Crippen LogP contribution in [0.5, 0.6) is 0 Å². The van der Waals surface area contributed by atoms with Crippen LogP contribution in [-0.4, -0.2) is 11.9 Å². The summed E-state index contributed by atoms with van der Waals surface area (Å²) < 4.78 is 14.1. The number of carbonyl (C=O) groups excluding carboxylic acids is 1. The Labute approximate surface area is 118 Å². The van der Waals surface area contributed by atoms with Gasteiger partial charge in [-0.25, -0.2) is 4.39 Å². The Kier molecular flexibility index (Phi) is 3.64. The van der Waals surface area contributed by atoms with E-state index in [0.29, 0.717) is 18.5 Å². The average Bonchev–Trinajstić information content (AvgIpc) is 2.35. The second-order valence-corrected chi connectivity index (χ2v) is 6.12. The van der Waals surface area contributed by atoms with Crippen LogP contribution >= 0.6 is 0 Å². The molecular weight excluding hydrogens is 255 g/mol. The smallest absolute Gasteiger partial charge is 0.224 e. The third-order valence-electron chi connectivity index (χ3n) is 4.40. The van der Waals surface area contributed by atoms with Gasteiger partial charge in [0.05, 0.1) is 5.69 Å². The second-order valence-electron chi connectivity index (χ2n) is 6.12. The van der Waals surface area contributed by atoms with Gasteiger partial charge >= 0.3 is 0 Å². The number of carbonyl (C=O) groups is 1. The van der Waals surface area contributed by atoms with Crippen molar-refractivity contribution in [1.82, 2.24) is 0 Å². The maximum atomic E-state index is 14.1. The molecule has 20 heavy (non-hydrogen) atoms. The summed E-state index contributed by atoms with van der Waals surface area (Å²) in [6.07, 6.45) is 6.08. The van der Waals surface area contributed by atoms with Gasteiger partial charge in [0, 0.05) is 18.2 Å². The number of fused-ring (bicyclic) bond motifs is 1. The predicted molar refractivity (Wildman–Crippen MR) is 78.4 cm³/mol. The van der Waals surface area contributed by atoms with Gasteiger partial charge in [0.25, 0.3) is 0 Å². The van der Waals surface area contributed by atoms with Gasteiger partial charge in [0.15, 0.2) is 0 Å². The van der Waals surface area contributed by atoms with Crippen LogP contribution in [0.25, 0.3) is 0 Å². The Morgan fingerprint density at radius 1 is 1.40 bits per heavy atom. The summed E-state index contributed by atoms with van der Waals surface area (Å²) in [6.45, 7) is 2.09. The summed E-state index contributed by atoms with van der Waals surface area (Å²) in [6, 6.07) is 3.54. The number of halogens is 1. The lowest BCUT2D eigenvalue weighted by Gasteiger charge is -2.29. The van der Waals surface area contributed by atoms with Gasteiger partial charge in [0.2, 0.25) is 5.91 Å². The van der Waals surface area contributed by atoms with E-state index in [4.69, 9.17) is 0 Å². The van der Waals surface area contributed by atoms with Gasteiger partial charge in [-0.15, -0.1) is 0 Å². The molecule has 1 fully saturated rings. The minimum atomic E-state index is -0.222.